The first kappa shape index (κ1) is 24.3. The van der Waals surface area contributed by atoms with Gasteiger partial charge in [-0.05, 0) is 92.1 Å². The van der Waals surface area contributed by atoms with Crippen LogP contribution in [-0.2, 0) is 4.79 Å². The summed E-state index contributed by atoms with van der Waals surface area (Å²) in [6, 6.07) is 24.0. The van der Waals surface area contributed by atoms with E-state index in [9.17, 15) is 4.79 Å². The number of aryl methyl sites for hydroxylation is 2. The first-order chi connectivity index (χ1) is 17.9. The molecule has 1 heterocycles. The molecule has 0 radical (unpaired) electrons. The molecular formula is C30H31N5O2. The van der Waals surface area contributed by atoms with E-state index in [-0.39, 0.29) is 12.5 Å². The predicted molar refractivity (Wildman–Crippen MR) is 150 cm³/mol. The van der Waals surface area contributed by atoms with Crippen LogP contribution in [0.3, 0.4) is 0 Å². The van der Waals surface area contributed by atoms with Gasteiger partial charge in [0.25, 0.3) is 5.91 Å². The molecule has 0 atom stereocenters. The second-order valence-electron chi connectivity index (χ2n) is 9.13. The fraction of sp³-hybridized carbons (Fsp3) is 0.233. The fourth-order valence-corrected chi connectivity index (χ4v) is 4.55. The van der Waals surface area contributed by atoms with E-state index in [0.29, 0.717) is 17.0 Å². The van der Waals surface area contributed by atoms with E-state index in [1.54, 1.807) is 4.80 Å². The summed E-state index contributed by atoms with van der Waals surface area (Å²) in [4.78, 5) is 16.6. The Bertz CT molecular complexity index is 1590. The number of aromatic nitrogens is 3. The molecule has 1 aromatic heterocycles. The number of benzene rings is 4. The predicted octanol–water partition coefficient (Wildman–Crippen LogP) is 6.05. The Morgan fingerprint density at radius 2 is 1.59 bits per heavy atom. The van der Waals surface area contributed by atoms with Gasteiger partial charge in [-0.1, -0.05) is 30.3 Å². The highest BCUT2D eigenvalue weighted by Gasteiger charge is 2.13. The van der Waals surface area contributed by atoms with Gasteiger partial charge < -0.3 is 15.0 Å². The molecule has 0 saturated heterocycles. The number of fused-ring (bicyclic) bond motifs is 2. The lowest BCUT2D eigenvalue weighted by Gasteiger charge is -2.22. The molecule has 0 saturated carbocycles. The topological polar surface area (TPSA) is 72.3 Å². The normalized spacial score (nSPS) is 11.1. The Morgan fingerprint density at radius 1 is 0.865 bits per heavy atom. The summed E-state index contributed by atoms with van der Waals surface area (Å²) >= 11 is 0. The molecule has 5 aromatic rings. The SMILES string of the molecule is CCN(CC)c1ccc(-n2nc3cc(C)c(NC(=O)COc4ccc5ccccc5c4)cc3n2)c(C)c1. The summed E-state index contributed by atoms with van der Waals surface area (Å²) in [7, 11) is 0. The highest BCUT2D eigenvalue weighted by atomic mass is 16.5. The zero-order chi connectivity index (χ0) is 25.9. The number of rotatable bonds is 8. The van der Waals surface area contributed by atoms with Crippen LogP contribution in [0.25, 0.3) is 27.5 Å². The van der Waals surface area contributed by atoms with E-state index in [2.05, 4.69) is 49.2 Å². The van der Waals surface area contributed by atoms with E-state index in [1.807, 2.05) is 61.5 Å². The Morgan fingerprint density at radius 3 is 2.32 bits per heavy atom. The zero-order valence-corrected chi connectivity index (χ0v) is 21.7. The lowest BCUT2D eigenvalue weighted by atomic mass is 10.1. The van der Waals surface area contributed by atoms with Crippen molar-refractivity contribution in [2.24, 2.45) is 0 Å². The van der Waals surface area contributed by atoms with Crippen LogP contribution in [0.4, 0.5) is 11.4 Å². The van der Waals surface area contributed by atoms with Gasteiger partial charge in [-0.25, -0.2) is 0 Å². The van der Waals surface area contributed by atoms with Gasteiger partial charge in [0, 0.05) is 24.5 Å². The minimum atomic E-state index is -0.231. The standard InChI is InChI=1S/C30H31N5O2/c1-5-34(6-2)24-12-14-29(21(4)15-24)35-32-27-16-20(3)26(18-28(27)33-35)31-30(36)19-37-25-13-11-22-9-7-8-10-23(22)17-25/h7-18H,5-6,19H2,1-4H3,(H,31,36). The molecule has 7 nitrogen and oxygen atoms in total. The molecule has 188 valence electrons. The molecule has 0 spiro atoms. The van der Waals surface area contributed by atoms with E-state index in [4.69, 9.17) is 14.9 Å². The molecule has 0 aliphatic rings. The molecule has 0 bridgehead atoms. The molecule has 0 aliphatic carbocycles. The van der Waals surface area contributed by atoms with Gasteiger partial charge in [-0.15, -0.1) is 10.2 Å². The minimum Gasteiger partial charge on any atom is -0.484 e. The van der Waals surface area contributed by atoms with Crippen molar-refractivity contribution < 1.29 is 9.53 Å². The summed E-state index contributed by atoms with van der Waals surface area (Å²) in [5, 5.41) is 14.6. The number of hydrogen-bond acceptors (Lipinski definition) is 5. The van der Waals surface area contributed by atoms with E-state index in [0.717, 1.165) is 46.2 Å². The molecule has 0 fully saturated rings. The Balaban J connectivity index is 1.31. The Kier molecular flexibility index (Phi) is 6.77. The first-order valence-corrected chi connectivity index (χ1v) is 12.6. The summed E-state index contributed by atoms with van der Waals surface area (Å²) in [6.45, 7) is 10.2. The van der Waals surface area contributed by atoms with Crippen LogP contribution < -0.4 is 15.0 Å². The van der Waals surface area contributed by atoms with Crippen LogP contribution in [0.2, 0.25) is 0 Å². The molecule has 5 rings (SSSR count). The van der Waals surface area contributed by atoms with Crippen molar-refractivity contribution in [3.05, 3.63) is 83.9 Å². The van der Waals surface area contributed by atoms with Crippen LogP contribution in [0.15, 0.2) is 72.8 Å². The van der Waals surface area contributed by atoms with Gasteiger partial charge >= 0.3 is 0 Å². The second-order valence-corrected chi connectivity index (χ2v) is 9.13. The van der Waals surface area contributed by atoms with Crippen LogP contribution in [0, 0.1) is 13.8 Å². The van der Waals surface area contributed by atoms with Crippen molar-refractivity contribution in [1.82, 2.24) is 15.0 Å². The van der Waals surface area contributed by atoms with Crippen molar-refractivity contribution in [2.45, 2.75) is 27.7 Å². The fourth-order valence-electron chi connectivity index (χ4n) is 4.55. The third-order valence-electron chi connectivity index (χ3n) is 6.62. The number of carbonyl (C=O) groups excluding carboxylic acids is 1. The highest BCUT2D eigenvalue weighted by molar-refractivity contribution is 5.95. The average Bonchev–Trinajstić information content (AvgIpc) is 3.30. The summed E-state index contributed by atoms with van der Waals surface area (Å²) in [5.41, 5.74) is 6.31. The van der Waals surface area contributed by atoms with Gasteiger partial charge in [0.15, 0.2) is 6.61 Å². The average molecular weight is 494 g/mol. The largest absolute Gasteiger partial charge is 0.484 e. The first-order valence-electron chi connectivity index (χ1n) is 12.6. The van der Waals surface area contributed by atoms with Gasteiger partial charge in [-0.3, -0.25) is 4.79 Å². The van der Waals surface area contributed by atoms with Crippen LogP contribution in [0.5, 0.6) is 5.75 Å². The molecule has 4 aromatic carbocycles. The summed E-state index contributed by atoms with van der Waals surface area (Å²) in [5.74, 6) is 0.428. The van der Waals surface area contributed by atoms with Crippen molar-refractivity contribution in [1.29, 1.82) is 0 Å². The van der Waals surface area contributed by atoms with Crippen molar-refractivity contribution in [3.63, 3.8) is 0 Å². The summed E-state index contributed by atoms with van der Waals surface area (Å²) < 4.78 is 5.75. The quantitative estimate of drug-likeness (QED) is 0.285. The van der Waals surface area contributed by atoms with Gasteiger partial charge in [0.05, 0.1) is 5.69 Å². The molecule has 37 heavy (non-hydrogen) atoms. The molecule has 1 N–H and O–H groups in total. The maximum absolute atomic E-state index is 12.7. The summed E-state index contributed by atoms with van der Waals surface area (Å²) in [6.07, 6.45) is 0. The lowest BCUT2D eigenvalue weighted by Crippen LogP contribution is -2.21. The number of hydrogen-bond donors (Lipinski definition) is 1. The van der Waals surface area contributed by atoms with Gasteiger partial charge in [0.2, 0.25) is 0 Å². The number of ether oxygens (including phenoxy) is 1. The maximum Gasteiger partial charge on any atom is 0.262 e. The number of amides is 1. The molecule has 0 unspecified atom stereocenters. The second kappa shape index (κ2) is 10.3. The third kappa shape index (κ3) is 5.11. The van der Waals surface area contributed by atoms with E-state index >= 15 is 0 Å². The molecule has 0 aliphatic heterocycles. The Labute approximate surface area is 216 Å². The van der Waals surface area contributed by atoms with Crippen LogP contribution >= 0.6 is 0 Å². The van der Waals surface area contributed by atoms with Gasteiger partial charge in [0.1, 0.15) is 16.8 Å². The van der Waals surface area contributed by atoms with Crippen LogP contribution in [-0.4, -0.2) is 40.6 Å². The minimum absolute atomic E-state index is 0.0827. The maximum atomic E-state index is 12.7. The van der Waals surface area contributed by atoms with Crippen LogP contribution in [0.1, 0.15) is 25.0 Å². The third-order valence-corrected chi connectivity index (χ3v) is 6.62. The molecule has 7 heteroatoms. The zero-order valence-electron chi connectivity index (χ0n) is 21.7. The molecule has 1 amide bonds. The van der Waals surface area contributed by atoms with Crippen molar-refractivity contribution in [2.75, 3.05) is 29.9 Å². The van der Waals surface area contributed by atoms with E-state index in [1.165, 1.54) is 5.69 Å². The number of nitrogens with zero attached hydrogens (tertiary/aromatic N) is 4. The monoisotopic (exact) mass is 493 g/mol. The van der Waals surface area contributed by atoms with Gasteiger partial charge in [-0.2, -0.15) is 4.80 Å². The number of anilines is 2. The number of nitrogens with one attached hydrogen (secondary N) is 1. The highest BCUT2D eigenvalue weighted by Crippen LogP contribution is 2.25. The Hall–Kier alpha value is -4.39. The lowest BCUT2D eigenvalue weighted by molar-refractivity contribution is -0.118. The van der Waals surface area contributed by atoms with Crippen molar-refractivity contribution >= 4 is 39.1 Å². The van der Waals surface area contributed by atoms with Crippen molar-refractivity contribution in [3.8, 4) is 11.4 Å². The number of carbonyl (C=O) groups is 1. The smallest absolute Gasteiger partial charge is 0.262 e. The molecular weight excluding hydrogens is 462 g/mol. The van der Waals surface area contributed by atoms with E-state index < -0.39 is 0 Å².